The van der Waals surface area contributed by atoms with Crippen LogP contribution >= 0.6 is 11.8 Å². The van der Waals surface area contributed by atoms with Crippen molar-refractivity contribution >= 4 is 23.5 Å². The monoisotopic (exact) mass is 290 g/mol. The van der Waals surface area contributed by atoms with Gasteiger partial charge in [0.25, 0.3) is 0 Å². The smallest absolute Gasteiger partial charge is 0.226 e. The number of carbonyl (C=O) groups excluding carboxylic acids is 1. The maximum Gasteiger partial charge on any atom is 0.226 e. The lowest BCUT2D eigenvalue weighted by molar-refractivity contribution is -0.115. The maximum absolute atomic E-state index is 12.7. The molecule has 0 fully saturated rings. The van der Waals surface area contributed by atoms with Crippen LogP contribution in [0.25, 0.3) is 0 Å². The number of rotatable bonds is 5. The van der Waals surface area contributed by atoms with Crippen LogP contribution in [-0.2, 0) is 4.79 Å². The standard InChI is InChI=1S/C15H15FN2OS/c1-11-2-7-14(17-10-11)18-15(19)8-9-20-13-5-3-12(16)4-6-13/h2-7,10H,8-9H2,1H3,(H,17,18,19). The summed E-state index contributed by atoms with van der Waals surface area (Å²) in [7, 11) is 0. The molecule has 0 aliphatic heterocycles. The summed E-state index contributed by atoms with van der Waals surface area (Å²) in [6.45, 7) is 1.94. The number of halogens is 1. The highest BCUT2D eigenvalue weighted by atomic mass is 32.2. The zero-order chi connectivity index (χ0) is 14.4. The molecule has 0 aliphatic rings. The third kappa shape index (κ3) is 4.66. The molecule has 0 saturated heterocycles. The predicted octanol–water partition coefficient (Wildman–Crippen LogP) is 3.65. The Morgan fingerprint density at radius 1 is 1.25 bits per heavy atom. The number of hydrogen-bond donors (Lipinski definition) is 1. The highest BCUT2D eigenvalue weighted by molar-refractivity contribution is 7.99. The number of anilines is 1. The highest BCUT2D eigenvalue weighted by Gasteiger charge is 2.04. The number of pyridine rings is 1. The van der Waals surface area contributed by atoms with E-state index in [4.69, 9.17) is 0 Å². The van der Waals surface area contributed by atoms with E-state index in [0.29, 0.717) is 18.0 Å². The number of nitrogens with one attached hydrogen (secondary N) is 1. The number of benzene rings is 1. The molecule has 0 saturated carbocycles. The van der Waals surface area contributed by atoms with Gasteiger partial charge in [0.1, 0.15) is 11.6 Å². The number of thioether (sulfide) groups is 1. The summed E-state index contributed by atoms with van der Waals surface area (Å²) >= 11 is 1.52. The second kappa shape index (κ2) is 7.05. The molecular formula is C15H15FN2OS. The Balaban J connectivity index is 1.75. The van der Waals surface area contributed by atoms with Gasteiger partial charge in [-0.05, 0) is 42.8 Å². The van der Waals surface area contributed by atoms with E-state index in [1.807, 2.05) is 13.0 Å². The van der Waals surface area contributed by atoms with Crippen LogP contribution in [0.4, 0.5) is 10.2 Å². The Morgan fingerprint density at radius 2 is 2.00 bits per heavy atom. The third-order valence-corrected chi connectivity index (χ3v) is 3.60. The van der Waals surface area contributed by atoms with Crippen LogP contribution in [0.3, 0.4) is 0 Å². The Bertz CT molecular complexity index is 569. The molecular weight excluding hydrogens is 275 g/mol. The van der Waals surface area contributed by atoms with Crippen LogP contribution < -0.4 is 5.32 Å². The van der Waals surface area contributed by atoms with E-state index in [-0.39, 0.29) is 11.7 Å². The number of aryl methyl sites for hydroxylation is 1. The predicted molar refractivity (Wildman–Crippen MR) is 79.3 cm³/mol. The van der Waals surface area contributed by atoms with Crippen molar-refractivity contribution in [1.82, 2.24) is 4.98 Å². The van der Waals surface area contributed by atoms with E-state index in [2.05, 4.69) is 10.3 Å². The Labute approximate surface area is 121 Å². The van der Waals surface area contributed by atoms with E-state index < -0.39 is 0 Å². The van der Waals surface area contributed by atoms with Crippen molar-refractivity contribution in [3.63, 3.8) is 0 Å². The van der Waals surface area contributed by atoms with Gasteiger partial charge in [0.15, 0.2) is 0 Å². The average molecular weight is 290 g/mol. The van der Waals surface area contributed by atoms with E-state index in [0.717, 1.165) is 10.5 Å². The van der Waals surface area contributed by atoms with Gasteiger partial charge in [-0.25, -0.2) is 9.37 Å². The average Bonchev–Trinajstić information content (AvgIpc) is 2.44. The molecule has 0 aliphatic carbocycles. The van der Waals surface area contributed by atoms with Crippen molar-refractivity contribution in [2.75, 3.05) is 11.1 Å². The SMILES string of the molecule is Cc1ccc(NC(=O)CCSc2ccc(F)cc2)nc1. The number of nitrogens with zero attached hydrogens (tertiary/aromatic N) is 1. The molecule has 1 aromatic carbocycles. The van der Waals surface area contributed by atoms with Gasteiger partial charge in [0.05, 0.1) is 0 Å². The van der Waals surface area contributed by atoms with E-state index >= 15 is 0 Å². The van der Waals surface area contributed by atoms with Crippen LogP contribution in [0.15, 0.2) is 47.5 Å². The second-order valence-electron chi connectivity index (χ2n) is 4.32. The Hall–Kier alpha value is -1.88. The van der Waals surface area contributed by atoms with Crippen molar-refractivity contribution in [2.45, 2.75) is 18.2 Å². The summed E-state index contributed by atoms with van der Waals surface area (Å²) in [5.41, 5.74) is 1.05. The first-order chi connectivity index (χ1) is 9.63. The van der Waals surface area contributed by atoms with E-state index in [1.54, 1.807) is 24.4 Å². The molecule has 1 amide bonds. The molecule has 5 heteroatoms. The molecule has 1 aromatic heterocycles. The molecule has 0 unspecified atom stereocenters. The fraction of sp³-hybridized carbons (Fsp3) is 0.200. The molecule has 0 bridgehead atoms. The Morgan fingerprint density at radius 3 is 2.65 bits per heavy atom. The van der Waals surface area contributed by atoms with Gasteiger partial charge in [0.2, 0.25) is 5.91 Å². The summed E-state index contributed by atoms with van der Waals surface area (Å²) < 4.78 is 12.7. The van der Waals surface area contributed by atoms with Gasteiger partial charge in [-0.2, -0.15) is 0 Å². The molecule has 0 spiro atoms. The summed E-state index contributed by atoms with van der Waals surface area (Å²) in [6, 6.07) is 9.92. The van der Waals surface area contributed by atoms with Crippen LogP contribution in [0, 0.1) is 12.7 Å². The summed E-state index contributed by atoms with van der Waals surface area (Å²) in [5.74, 6) is 0.879. The zero-order valence-corrected chi connectivity index (χ0v) is 11.9. The first-order valence-electron chi connectivity index (χ1n) is 6.24. The molecule has 1 heterocycles. The van der Waals surface area contributed by atoms with Crippen molar-refractivity contribution in [1.29, 1.82) is 0 Å². The minimum Gasteiger partial charge on any atom is -0.311 e. The van der Waals surface area contributed by atoms with Crippen LogP contribution in [-0.4, -0.2) is 16.6 Å². The van der Waals surface area contributed by atoms with Crippen LogP contribution in [0.2, 0.25) is 0 Å². The van der Waals surface area contributed by atoms with Gasteiger partial charge in [-0.1, -0.05) is 6.07 Å². The molecule has 0 atom stereocenters. The lowest BCUT2D eigenvalue weighted by Gasteiger charge is -2.04. The van der Waals surface area contributed by atoms with Gasteiger partial charge in [-0.3, -0.25) is 4.79 Å². The molecule has 2 aromatic rings. The molecule has 20 heavy (non-hydrogen) atoms. The van der Waals surface area contributed by atoms with Gasteiger partial charge in [-0.15, -0.1) is 11.8 Å². The molecule has 1 N–H and O–H groups in total. The van der Waals surface area contributed by atoms with E-state index in [9.17, 15) is 9.18 Å². The largest absolute Gasteiger partial charge is 0.311 e. The molecule has 2 rings (SSSR count). The maximum atomic E-state index is 12.7. The third-order valence-electron chi connectivity index (χ3n) is 2.59. The number of hydrogen-bond acceptors (Lipinski definition) is 3. The topological polar surface area (TPSA) is 42.0 Å². The number of amides is 1. The summed E-state index contributed by atoms with van der Waals surface area (Å²) in [5, 5.41) is 2.74. The summed E-state index contributed by atoms with van der Waals surface area (Å²) in [4.78, 5) is 16.8. The fourth-order valence-corrected chi connectivity index (χ4v) is 2.39. The molecule has 3 nitrogen and oxygen atoms in total. The van der Waals surface area contributed by atoms with Gasteiger partial charge >= 0.3 is 0 Å². The van der Waals surface area contributed by atoms with Gasteiger partial charge in [0, 0.05) is 23.3 Å². The molecule has 104 valence electrons. The lowest BCUT2D eigenvalue weighted by Crippen LogP contribution is -2.13. The van der Waals surface area contributed by atoms with Crippen molar-refractivity contribution in [3.05, 3.63) is 54.0 Å². The van der Waals surface area contributed by atoms with Crippen LogP contribution in [0.5, 0.6) is 0 Å². The zero-order valence-electron chi connectivity index (χ0n) is 11.1. The van der Waals surface area contributed by atoms with Gasteiger partial charge < -0.3 is 5.32 Å². The van der Waals surface area contributed by atoms with Crippen molar-refractivity contribution < 1.29 is 9.18 Å². The normalized spacial score (nSPS) is 10.3. The minimum atomic E-state index is -0.252. The van der Waals surface area contributed by atoms with E-state index in [1.165, 1.54) is 23.9 Å². The first kappa shape index (κ1) is 14.5. The summed E-state index contributed by atoms with van der Waals surface area (Å²) in [6.07, 6.45) is 2.10. The number of carbonyl (C=O) groups is 1. The van der Waals surface area contributed by atoms with Crippen LogP contribution in [0.1, 0.15) is 12.0 Å². The quantitative estimate of drug-likeness (QED) is 0.855. The molecule has 0 radical (unpaired) electrons. The highest BCUT2D eigenvalue weighted by Crippen LogP contribution is 2.19. The number of aromatic nitrogens is 1. The Kier molecular flexibility index (Phi) is 5.12. The first-order valence-corrected chi connectivity index (χ1v) is 7.23. The second-order valence-corrected chi connectivity index (χ2v) is 5.49. The minimum absolute atomic E-state index is 0.0732. The fourth-order valence-electron chi connectivity index (χ4n) is 1.54. The van der Waals surface area contributed by atoms with Crippen molar-refractivity contribution in [3.8, 4) is 0 Å². The van der Waals surface area contributed by atoms with Crippen molar-refractivity contribution in [2.24, 2.45) is 0 Å². The lowest BCUT2D eigenvalue weighted by atomic mass is 10.3.